The van der Waals surface area contributed by atoms with Gasteiger partial charge in [-0.15, -0.1) is 10.2 Å². The van der Waals surface area contributed by atoms with Crippen LogP contribution in [0.3, 0.4) is 0 Å². The fourth-order valence-corrected chi connectivity index (χ4v) is 2.87. The smallest absolute Gasteiger partial charge is 0.149 e. The van der Waals surface area contributed by atoms with Gasteiger partial charge in [0, 0.05) is 25.1 Å². The maximum absolute atomic E-state index is 5.41. The lowest BCUT2D eigenvalue weighted by molar-refractivity contribution is 0.395. The van der Waals surface area contributed by atoms with Crippen LogP contribution in [-0.2, 0) is 19.5 Å². The van der Waals surface area contributed by atoms with E-state index in [0.29, 0.717) is 6.54 Å². The second kappa shape index (κ2) is 6.36. The summed E-state index contributed by atoms with van der Waals surface area (Å²) in [5.74, 6) is 3.79. The minimum atomic E-state index is 0.134. The Balaban J connectivity index is 1.71. The van der Waals surface area contributed by atoms with E-state index >= 15 is 0 Å². The molecule has 1 aromatic heterocycles. The van der Waals surface area contributed by atoms with E-state index in [9.17, 15) is 0 Å². The molecular weight excluding hydrogens is 280 g/mol. The van der Waals surface area contributed by atoms with Crippen molar-refractivity contribution < 1.29 is 9.47 Å². The van der Waals surface area contributed by atoms with Gasteiger partial charge in [0.15, 0.2) is 0 Å². The van der Waals surface area contributed by atoms with Crippen LogP contribution in [-0.4, -0.2) is 29.0 Å². The minimum absolute atomic E-state index is 0.134. The zero-order valence-electron chi connectivity index (χ0n) is 13.3. The topological polar surface area (TPSA) is 61.2 Å². The molecule has 6 nitrogen and oxygen atoms in total. The predicted molar refractivity (Wildman–Crippen MR) is 83.1 cm³/mol. The highest BCUT2D eigenvalue weighted by Gasteiger charge is 2.21. The number of benzene rings is 1. The summed E-state index contributed by atoms with van der Waals surface area (Å²) in [6.45, 7) is 3.82. The molecule has 3 rings (SSSR count). The first-order chi connectivity index (χ1) is 10.7. The molecule has 1 aliphatic heterocycles. The number of nitrogens with one attached hydrogen (secondary N) is 1. The van der Waals surface area contributed by atoms with Crippen molar-refractivity contribution in [3.63, 3.8) is 0 Å². The van der Waals surface area contributed by atoms with Gasteiger partial charge >= 0.3 is 0 Å². The van der Waals surface area contributed by atoms with Crippen molar-refractivity contribution >= 4 is 0 Å². The molecule has 0 unspecified atom stereocenters. The quantitative estimate of drug-likeness (QED) is 0.885. The highest BCUT2D eigenvalue weighted by atomic mass is 16.5. The van der Waals surface area contributed by atoms with Gasteiger partial charge in [-0.2, -0.15) is 0 Å². The molecule has 118 valence electrons. The molecule has 1 atom stereocenters. The van der Waals surface area contributed by atoms with E-state index in [-0.39, 0.29) is 6.04 Å². The summed E-state index contributed by atoms with van der Waals surface area (Å²) in [5, 5.41) is 12.1. The third-order valence-corrected chi connectivity index (χ3v) is 4.11. The molecule has 0 saturated heterocycles. The lowest BCUT2D eigenvalue weighted by Crippen LogP contribution is -2.22. The number of fused-ring (bicyclic) bond motifs is 1. The fourth-order valence-electron chi connectivity index (χ4n) is 2.87. The van der Waals surface area contributed by atoms with Crippen LogP contribution in [0, 0.1) is 0 Å². The van der Waals surface area contributed by atoms with E-state index < -0.39 is 0 Å². The van der Waals surface area contributed by atoms with Gasteiger partial charge in [-0.3, -0.25) is 0 Å². The zero-order valence-corrected chi connectivity index (χ0v) is 13.3. The van der Waals surface area contributed by atoms with E-state index in [1.165, 1.54) is 0 Å². The third kappa shape index (κ3) is 2.78. The van der Waals surface area contributed by atoms with Gasteiger partial charge in [-0.25, -0.2) is 0 Å². The Morgan fingerprint density at radius 1 is 1.27 bits per heavy atom. The van der Waals surface area contributed by atoms with Crippen molar-refractivity contribution in [1.82, 2.24) is 20.1 Å². The molecule has 1 aliphatic rings. The van der Waals surface area contributed by atoms with Gasteiger partial charge in [0.1, 0.15) is 23.1 Å². The Hall–Kier alpha value is -2.08. The number of hydrogen-bond acceptors (Lipinski definition) is 5. The van der Waals surface area contributed by atoms with Crippen LogP contribution in [0.5, 0.6) is 11.5 Å². The first-order valence-corrected chi connectivity index (χ1v) is 7.59. The summed E-state index contributed by atoms with van der Waals surface area (Å²) in [7, 11) is 3.35. The molecule has 1 aromatic carbocycles. The Kier molecular flexibility index (Phi) is 4.29. The standard InChI is InChI=1S/C16H22N4O2/c1-11(16-19-18-15-5-4-8-20(15)16)17-10-12-9-13(21-2)6-7-14(12)22-3/h6-7,9,11,17H,4-5,8,10H2,1-3H3/t11-/m0/s1. The monoisotopic (exact) mass is 302 g/mol. The van der Waals surface area contributed by atoms with Gasteiger partial charge in [0.25, 0.3) is 0 Å². The molecule has 0 spiro atoms. The highest BCUT2D eigenvalue weighted by molar-refractivity contribution is 5.40. The first-order valence-electron chi connectivity index (χ1n) is 7.59. The van der Waals surface area contributed by atoms with Crippen molar-refractivity contribution in [3.8, 4) is 11.5 Å². The molecule has 1 N–H and O–H groups in total. The predicted octanol–water partition coefficient (Wildman–Crippen LogP) is 2.09. The summed E-state index contributed by atoms with van der Waals surface area (Å²) >= 11 is 0. The molecule has 2 aromatic rings. The van der Waals surface area contributed by atoms with Crippen molar-refractivity contribution in [2.75, 3.05) is 14.2 Å². The molecule has 0 saturated carbocycles. The number of aromatic nitrogens is 3. The van der Waals surface area contributed by atoms with Gasteiger partial charge < -0.3 is 19.4 Å². The maximum atomic E-state index is 5.41. The van der Waals surface area contributed by atoms with E-state index in [4.69, 9.17) is 9.47 Å². The molecule has 0 aliphatic carbocycles. The van der Waals surface area contributed by atoms with Crippen LogP contribution in [0.1, 0.15) is 36.6 Å². The van der Waals surface area contributed by atoms with E-state index in [2.05, 4.69) is 27.0 Å². The SMILES string of the molecule is COc1ccc(OC)c(CN[C@@H](C)c2nnc3n2CCC3)c1. The third-order valence-electron chi connectivity index (χ3n) is 4.11. The average Bonchev–Trinajstić information content (AvgIpc) is 3.15. The number of methoxy groups -OCH3 is 2. The molecule has 0 fully saturated rings. The van der Waals surface area contributed by atoms with Crippen molar-refractivity contribution in [2.45, 2.75) is 38.9 Å². The summed E-state index contributed by atoms with van der Waals surface area (Å²) in [4.78, 5) is 0. The lowest BCUT2D eigenvalue weighted by Gasteiger charge is -2.16. The van der Waals surface area contributed by atoms with E-state index in [1.807, 2.05) is 18.2 Å². The van der Waals surface area contributed by atoms with Crippen LogP contribution in [0.25, 0.3) is 0 Å². The molecule has 2 heterocycles. The second-order valence-electron chi connectivity index (χ2n) is 5.51. The van der Waals surface area contributed by atoms with Crippen molar-refractivity contribution in [1.29, 1.82) is 0 Å². The van der Waals surface area contributed by atoms with Gasteiger partial charge in [0.05, 0.1) is 20.3 Å². The van der Waals surface area contributed by atoms with E-state index in [0.717, 1.165) is 48.1 Å². The Bertz CT molecular complexity index is 654. The normalized spacial score (nSPS) is 14.7. The number of ether oxygens (including phenoxy) is 2. The van der Waals surface area contributed by atoms with Gasteiger partial charge in [-0.1, -0.05) is 0 Å². The zero-order chi connectivity index (χ0) is 15.5. The molecule has 22 heavy (non-hydrogen) atoms. The first kappa shape index (κ1) is 14.8. The van der Waals surface area contributed by atoms with Crippen LogP contribution >= 0.6 is 0 Å². The average molecular weight is 302 g/mol. The summed E-state index contributed by atoms with van der Waals surface area (Å²) in [5.41, 5.74) is 1.06. The van der Waals surface area contributed by atoms with Crippen LogP contribution in [0.15, 0.2) is 18.2 Å². The molecule has 6 heteroatoms. The maximum Gasteiger partial charge on any atom is 0.149 e. The Morgan fingerprint density at radius 2 is 2.14 bits per heavy atom. The molecule has 0 amide bonds. The Morgan fingerprint density at radius 3 is 2.91 bits per heavy atom. The number of nitrogens with zero attached hydrogens (tertiary/aromatic N) is 3. The largest absolute Gasteiger partial charge is 0.497 e. The van der Waals surface area contributed by atoms with Crippen LogP contribution in [0.2, 0.25) is 0 Å². The van der Waals surface area contributed by atoms with E-state index in [1.54, 1.807) is 14.2 Å². The fraction of sp³-hybridized carbons (Fsp3) is 0.500. The van der Waals surface area contributed by atoms with Crippen LogP contribution in [0.4, 0.5) is 0 Å². The summed E-state index contributed by atoms with van der Waals surface area (Å²) in [6, 6.07) is 5.95. The lowest BCUT2D eigenvalue weighted by atomic mass is 10.1. The molecule has 0 bridgehead atoms. The number of hydrogen-bond donors (Lipinski definition) is 1. The summed E-state index contributed by atoms with van der Waals surface area (Å²) in [6.07, 6.45) is 2.19. The molecular formula is C16H22N4O2. The van der Waals surface area contributed by atoms with Crippen molar-refractivity contribution in [2.24, 2.45) is 0 Å². The second-order valence-corrected chi connectivity index (χ2v) is 5.51. The number of rotatable bonds is 6. The number of aryl methyl sites for hydroxylation is 1. The molecule has 0 radical (unpaired) electrons. The van der Waals surface area contributed by atoms with Gasteiger partial charge in [-0.05, 0) is 31.5 Å². The van der Waals surface area contributed by atoms with Crippen molar-refractivity contribution in [3.05, 3.63) is 35.4 Å². The Labute approximate surface area is 130 Å². The minimum Gasteiger partial charge on any atom is -0.497 e. The summed E-state index contributed by atoms with van der Waals surface area (Å²) < 4.78 is 12.9. The highest BCUT2D eigenvalue weighted by Crippen LogP contribution is 2.25. The van der Waals surface area contributed by atoms with Crippen LogP contribution < -0.4 is 14.8 Å². The van der Waals surface area contributed by atoms with Gasteiger partial charge in [0.2, 0.25) is 0 Å².